The molecule has 2 aromatic rings. The third kappa shape index (κ3) is 2.88. The summed E-state index contributed by atoms with van der Waals surface area (Å²) in [5, 5.41) is 0.171. The van der Waals surface area contributed by atoms with Gasteiger partial charge in [0.15, 0.2) is 11.6 Å². The minimum atomic E-state index is -0.682. The molecule has 1 aromatic heterocycles. The van der Waals surface area contributed by atoms with Crippen LogP contribution in [0.4, 0.5) is 8.78 Å². The fourth-order valence-corrected chi connectivity index (χ4v) is 1.44. The summed E-state index contributed by atoms with van der Waals surface area (Å²) in [7, 11) is 0. The van der Waals surface area contributed by atoms with Gasteiger partial charge in [0.05, 0.1) is 0 Å². The molecule has 1 aromatic carbocycles. The van der Waals surface area contributed by atoms with E-state index in [9.17, 15) is 8.78 Å². The van der Waals surface area contributed by atoms with Gasteiger partial charge in [-0.15, -0.1) is 0 Å². The van der Waals surface area contributed by atoms with E-state index in [4.69, 9.17) is 16.3 Å². The fourth-order valence-electron chi connectivity index (χ4n) is 1.23. The van der Waals surface area contributed by atoms with Crippen molar-refractivity contribution in [2.75, 3.05) is 0 Å². The maximum absolute atomic E-state index is 13.3. The van der Waals surface area contributed by atoms with Crippen LogP contribution in [-0.4, -0.2) is 9.97 Å². The van der Waals surface area contributed by atoms with Crippen LogP contribution in [0.1, 0.15) is 5.82 Å². The van der Waals surface area contributed by atoms with Crippen molar-refractivity contribution in [1.82, 2.24) is 9.97 Å². The average molecular weight is 257 g/mol. The van der Waals surface area contributed by atoms with Crippen molar-refractivity contribution in [1.29, 1.82) is 0 Å². The van der Waals surface area contributed by atoms with E-state index in [0.717, 1.165) is 18.2 Å². The van der Waals surface area contributed by atoms with E-state index < -0.39 is 11.6 Å². The maximum Gasteiger partial charge on any atom is 0.224 e. The molecular weight excluding hydrogens is 250 g/mol. The molecule has 6 heteroatoms. The standard InChI is InChI=1S/C11H7ClF2N2O/c1-6-15-10(12)5-11(16-6)17-9-4-7(13)2-3-8(9)14/h2-5H,1H3. The molecule has 1 heterocycles. The molecule has 0 fully saturated rings. The van der Waals surface area contributed by atoms with Crippen LogP contribution >= 0.6 is 11.6 Å². The molecule has 0 saturated heterocycles. The number of hydrogen-bond donors (Lipinski definition) is 0. The number of aryl methyl sites for hydroxylation is 1. The first-order valence-corrected chi connectivity index (χ1v) is 5.06. The highest BCUT2D eigenvalue weighted by atomic mass is 35.5. The Morgan fingerprint density at radius 1 is 1.18 bits per heavy atom. The second-order valence-corrected chi connectivity index (χ2v) is 3.64. The van der Waals surface area contributed by atoms with E-state index in [0.29, 0.717) is 5.82 Å². The van der Waals surface area contributed by atoms with Gasteiger partial charge in [-0.3, -0.25) is 0 Å². The Balaban J connectivity index is 2.34. The Morgan fingerprint density at radius 2 is 1.94 bits per heavy atom. The third-order valence-corrected chi connectivity index (χ3v) is 2.08. The summed E-state index contributed by atoms with van der Waals surface area (Å²) in [6.45, 7) is 1.61. The SMILES string of the molecule is Cc1nc(Cl)cc(Oc2cc(F)ccc2F)n1. The molecule has 0 N–H and O–H groups in total. The van der Waals surface area contributed by atoms with E-state index in [2.05, 4.69) is 9.97 Å². The molecule has 0 unspecified atom stereocenters. The lowest BCUT2D eigenvalue weighted by Crippen LogP contribution is -1.95. The van der Waals surface area contributed by atoms with E-state index >= 15 is 0 Å². The minimum absolute atomic E-state index is 0.0620. The van der Waals surface area contributed by atoms with E-state index in [1.54, 1.807) is 6.92 Å². The van der Waals surface area contributed by atoms with Gasteiger partial charge in [0.1, 0.15) is 16.8 Å². The molecular formula is C11H7ClF2N2O. The smallest absolute Gasteiger partial charge is 0.224 e. The van der Waals surface area contributed by atoms with Crippen LogP contribution < -0.4 is 4.74 Å². The van der Waals surface area contributed by atoms with Crippen molar-refractivity contribution in [3.8, 4) is 11.6 Å². The van der Waals surface area contributed by atoms with Crippen molar-refractivity contribution >= 4 is 11.6 Å². The molecule has 17 heavy (non-hydrogen) atoms. The van der Waals surface area contributed by atoms with Crippen LogP contribution in [0.2, 0.25) is 5.15 Å². The molecule has 0 amide bonds. The third-order valence-electron chi connectivity index (χ3n) is 1.89. The Labute approximate surface area is 101 Å². The highest BCUT2D eigenvalue weighted by Crippen LogP contribution is 2.25. The summed E-state index contributed by atoms with van der Waals surface area (Å²) in [5.41, 5.74) is 0. The van der Waals surface area contributed by atoms with Crippen LogP contribution in [0.3, 0.4) is 0 Å². The number of nitrogens with zero attached hydrogens (tertiary/aromatic N) is 2. The van der Waals surface area contributed by atoms with Crippen LogP contribution in [0.5, 0.6) is 11.6 Å². The molecule has 2 rings (SSSR count). The van der Waals surface area contributed by atoms with Crippen molar-refractivity contribution in [2.24, 2.45) is 0 Å². The first-order valence-electron chi connectivity index (χ1n) is 4.69. The number of aromatic nitrogens is 2. The highest BCUT2D eigenvalue weighted by molar-refractivity contribution is 6.29. The van der Waals surface area contributed by atoms with Gasteiger partial charge < -0.3 is 4.74 Å². The largest absolute Gasteiger partial charge is 0.436 e. The van der Waals surface area contributed by atoms with Gasteiger partial charge in [0.25, 0.3) is 0 Å². The van der Waals surface area contributed by atoms with Gasteiger partial charge in [-0.25, -0.2) is 13.8 Å². The zero-order valence-corrected chi connectivity index (χ0v) is 9.50. The Bertz CT molecular complexity index is 543. The lowest BCUT2D eigenvalue weighted by Gasteiger charge is -2.06. The van der Waals surface area contributed by atoms with Crippen LogP contribution in [0, 0.1) is 18.6 Å². The normalized spacial score (nSPS) is 10.4. The second-order valence-electron chi connectivity index (χ2n) is 3.25. The van der Waals surface area contributed by atoms with Gasteiger partial charge in [-0.2, -0.15) is 4.98 Å². The quantitative estimate of drug-likeness (QED) is 0.771. The maximum atomic E-state index is 13.3. The lowest BCUT2D eigenvalue weighted by molar-refractivity contribution is 0.420. The van der Waals surface area contributed by atoms with E-state index in [-0.39, 0.29) is 16.8 Å². The summed E-state index contributed by atoms with van der Waals surface area (Å²) in [6.07, 6.45) is 0. The Morgan fingerprint density at radius 3 is 2.65 bits per heavy atom. The first kappa shape index (κ1) is 11.7. The highest BCUT2D eigenvalue weighted by Gasteiger charge is 2.08. The molecule has 0 aliphatic rings. The van der Waals surface area contributed by atoms with Crippen LogP contribution in [0.15, 0.2) is 24.3 Å². The zero-order valence-electron chi connectivity index (χ0n) is 8.75. The van der Waals surface area contributed by atoms with Gasteiger partial charge in [0, 0.05) is 12.1 Å². The predicted octanol–water partition coefficient (Wildman–Crippen LogP) is 3.51. The number of rotatable bonds is 2. The molecule has 0 saturated carbocycles. The number of benzene rings is 1. The van der Waals surface area contributed by atoms with Gasteiger partial charge in [0.2, 0.25) is 5.88 Å². The Kier molecular flexibility index (Phi) is 3.19. The van der Waals surface area contributed by atoms with Gasteiger partial charge in [-0.1, -0.05) is 11.6 Å². The van der Waals surface area contributed by atoms with Crippen molar-refractivity contribution in [3.63, 3.8) is 0 Å². The van der Waals surface area contributed by atoms with Crippen molar-refractivity contribution < 1.29 is 13.5 Å². The molecule has 0 spiro atoms. The molecule has 0 bridgehead atoms. The number of halogens is 3. The number of hydrogen-bond acceptors (Lipinski definition) is 3. The van der Waals surface area contributed by atoms with Crippen LogP contribution in [-0.2, 0) is 0 Å². The summed E-state index contributed by atoms with van der Waals surface area (Å²) in [4.78, 5) is 7.72. The number of ether oxygens (including phenoxy) is 1. The molecule has 0 aliphatic heterocycles. The van der Waals surface area contributed by atoms with Crippen molar-refractivity contribution in [2.45, 2.75) is 6.92 Å². The van der Waals surface area contributed by atoms with E-state index in [1.165, 1.54) is 6.07 Å². The lowest BCUT2D eigenvalue weighted by atomic mass is 10.3. The molecule has 3 nitrogen and oxygen atoms in total. The topological polar surface area (TPSA) is 35.0 Å². The predicted molar refractivity (Wildman–Crippen MR) is 58.2 cm³/mol. The minimum Gasteiger partial charge on any atom is -0.436 e. The molecule has 88 valence electrons. The van der Waals surface area contributed by atoms with Gasteiger partial charge >= 0.3 is 0 Å². The zero-order chi connectivity index (χ0) is 12.4. The summed E-state index contributed by atoms with van der Waals surface area (Å²) < 4.78 is 31.3. The molecule has 0 atom stereocenters. The van der Waals surface area contributed by atoms with E-state index in [1.807, 2.05) is 0 Å². The Hall–Kier alpha value is -1.75. The summed E-state index contributed by atoms with van der Waals surface area (Å²) in [5.74, 6) is -1.09. The second kappa shape index (κ2) is 4.63. The fraction of sp³-hybridized carbons (Fsp3) is 0.0909. The summed E-state index contributed by atoms with van der Waals surface area (Å²) >= 11 is 5.69. The summed E-state index contributed by atoms with van der Waals surface area (Å²) in [6, 6.07) is 4.22. The van der Waals surface area contributed by atoms with Crippen molar-refractivity contribution in [3.05, 3.63) is 46.9 Å². The van der Waals surface area contributed by atoms with Crippen LogP contribution in [0.25, 0.3) is 0 Å². The van der Waals surface area contributed by atoms with Gasteiger partial charge in [-0.05, 0) is 19.1 Å². The molecule has 0 aliphatic carbocycles. The molecule has 0 radical (unpaired) electrons. The average Bonchev–Trinajstić information content (AvgIpc) is 2.22. The monoisotopic (exact) mass is 256 g/mol. The first-order chi connectivity index (χ1) is 8.04.